The number of carbonyl (C=O) groups is 1. The quantitative estimate of drug-likeness (QED) is 0.137. The Bertz CT molecular complexity index is 720. The van der Waals surface area contributed by atoms with Gasteiger partial charge in [0.15, 0.2) is 0 Å². The number of allylic oxidation sites excluding steroid dienone is 4. The number of ether oxygens (including phenoxy) is 1. The van der Waals surface area contributed by atoms with Gasteiger partial charge in [0, 0.05) is 18.9 Å². The van der Waals surface area contributed by atoms with Crippen LogP contribution < -0.4 is 0 Å². The van der Waals surface area contributed by atoms with Crippen LogP contribution in [0, 0.1) is 0 Å². The third-order valence-corrected chi connectivity index (χ3v) is 4.61. The van der Waals surface area contributed by atoms with Crippen molar-refractivity contribution >= 4 is 24.5 Å². The average molecular weight is 446 g/mol. The molecule has 0 aromatic carbocycles. The molecule has 0 aromatic heterocycles. The minimum atomic E-state index is -4.12. The molecule has 0 aromatic rings. The van der Waals surface area contributed by atoms with E-state index < -0.39 is 36.6 Å². The first-order valence-electron chi connectivity index (χ1n) is 8.85. The smallest absolute Gasteiger partial charge is 0.331 e. The van der Waals surface area contributed by atoms with Crippen LogP contribution in [-0.4, -0.2) is 61.6 Å². The first-order chi connectivity index (χ1) is 13.5. The Kier molecular flexibility index (Phi) is 10.9. The van der Waals surface area contributed by atoms with E-state index in [9.17, 15) is 24.8 Å². The van der Waals surface area contributed by atoms with Gasteiger partial charge in [0.25, 0.3) is 0 Å². The number of cyclic esters (lactones) is 1. The van der Waals surface area contributed by atoms with Crippen LogP contribution in [0.4, 0.5) is 0 Å². The van der Waals surface area contributed by atoms with E-state index in [0.717, 1.165) is 0 Å². The second-order valence-electron chi connectivity index (χ2n) is 6.47. The summed E-state index contributed by atoms with van der Waals surface area (Å²) in [5, 5.41) is 29.5. The van der Waals surface area contributed by atoms with E-state index in [1.807, 2.05) is 0 Å². The zero-order valence-electron chi connectivity index (χ0n) is 15.9. The zero-order chi connectivity index (χ0) is 21.9. The molecule has 1 heterocycles. The lowest BCUT2D eigenvalue weighted by atomic mass is 9.93. The molecule has 0 spiro atoms. The fourth-order valence-electron chi connectivity index (χ4n) is 2.37. The monoisotopic (exact) mass is 446 g/mol. The van der Waals surface area contributed by atoms with Crippen molar-refractivity contribution in [2.45, 2.75) is 43.7 Å². The van der Waals surface area contributed by atoms with Crippen LogP contribution in [0.1, 0.15) is 19.8 Å². The Balaban J connectivity index is 2.84. The van der Waals surface area contributed by atoms with E-state index in [1.54, 1.807) is 30.4 Å². The highest BCUT2D eigenvalue weighted by Crippen LogP contribution is 2.42. The van der Waals surface area contributed by atoms with Gasteiger partial charge in [0.2, 0.25) is 0 Å². The third kappa shape index (κ3) is 11.4. The highest BCUT2D eigenvalue weighted by Gasteiger charge is 2.35. The van der Waals surface area contributed by atoms with E-state index in [-0.39, 0.29) is 13.0 Å². The number of hydrogen-bond donors (Lipinski definition) is 5. The van der Waals surface area contributed by atoms with Crippen molar-refractivity contribution in [2.75, 3.05) is 6.61 Å². The van der Waals surface area contributed by atoms with Gasteiger partial charge in [-0.2, -0.15) is 0 Å². The molecule has 1 aliphatic heterocycles. The van der Waals surface area contributed by atoms with E-state index in [4.69, 9.17) is 14.4 Å². The highest BCUT2D eigenvalue weighted by atomic mass is 32.5. The summed E-state index contributed by atoms with van der Waals surface area (Å²) in [5.74, 6) is -0.498. The van der Waals surface area contributed by atoms with Crippen molar-refractivity contribution in [2.24, 2.45) is 0 Å². The van der Waals surface area contributed by atoms with Gasteiger partial charge in [-0.05, 0) is 24.8 Å². The van der Waals surface area contributed by atoms with Gasteiger partial charge in [0.1, 0.15) is 17.8 Å². The zero-order valence-corrected chi connectivity index (χ0v) is 17.7. The van der Waals surface area contributed by atoms with Crippen LogP contribution >= 0.6 is 6.72 Å². The minimum absolute atomic E-state index is 0.0805. The lowest BCUT2D eigenvalue weighted by molar-refractivity contribution is -0.141. The molecule has 1 rings (SSSR count). The minimum Gasteiger partial charge on any atom is -0.455 e. The molecule has 162 valence electrons. The van der Waals surface area contributed by atoms with Gasteiger partial charge in [-0.1, -0.05) is 48.6 Å². The third-order valence-electron chi connectivity index (χ3n) is 3.82. The SMILES string of the molecule is C[C@@](O)(/C=C/[C@H]1CC=CC(=O)O1)C(C[C@@H](O)\C=C/C=C\C=C\CO)OP(O)(O)=S. The summed E-state index contributed by atoms with van der Waals surface area (Å²) in [7, 11) is 0. The molecule has 0 saturated heterocycles. The van der Waals surface area contributed by atoms with Crippen molar-refractivity contribution in [1.29, 1.82) is 0 Å². The molecule has 1 aliphatic rings. The predicted octanol–water partition coefficient (Wildman–Crippen LogP) is 1.17. The maximum absolute atomic E-state index is 11.3. The van der Waals surface area contributed by atoms with Crippen LogP contribution in [0.5, 0.6) is 0 Å². The summed E-state index contributed by atoms with van der Waals surface area (Å²) in [6.45, 7) is -2.85. The van der Waals surface area contributed by atoms with Gasteiger partial charge >= 0.3 is 12.7 Å². The van der Waals surface area contributed by atoms with E-state index >= 15 is 0 Å². The van der Waals surface area contributed by atoms with E-state index in [0.29, 0.717) is 6.42 Å². The normalized spacial score (nSPS) is 22.6. The van der Waals surface area contributed by atoms with Crippen LogP contribution in [-0.2, 0) is 25.9 Å². The number of carbonyl (C=O) groups excluding carboxylic acids is 1. The van der Waals surface area contributed by atoms with Crippen LogP contribution in [0.3, 0.4) is 0 Å². The van der Waals surface area contributed by atoms with E-state index in [1.165, 1.54) is 37.3 Å². The van der Waals surface area contributed by atoms with Crippen molar-refractivity contribution in [3.8, 4) is 0 Å². The largest absolute Gasteiger partial charge is 0.455 e. The number of aliphatic hydroxyl groups excluding tert-OH is 2. The van der Waals surface area contributed by atoms with Crippen molar-refractivity contribution < 1.29 is 39.2 Å². The topological polar surface area (TPSA) is 137 Å². The highest BCUT2D eigenvalue weighted by molar-refractivity contribution is 8.06. The Hall–Kier alpha value is -1.42. The molecule has 0 bridgehead atoms. The number of aliphatic hydroxyl groups is 3. The Morgan fingerprint density at radius 1 is 1.38 bits per heavy atom. The summed E-state index contributed by atoms with van der Waals surface area (Å²) in [5.41, 5.74) is -1.74. The molecule has 0 aliphatic carbocycles. The maximum atomic E-state index is 11.3. The van der Waals surface area contributed by atoms with Crippen LogP contribution in [0.25, 0.3) is 0 Å². The van der Waals surface area contributed by atoms with Gasteiger partial charge < -0.3 is 34.4 Å². The number of hydrogen-bond acceptors (Lipinski definition) is 7. The van der Waals surface area contributed by atoms with Gasteiger partial charge in [-0.3, -0.25) is 0 Å². The molecule has 0 saturated carbocycles. The first-order valence-corrected chi connectivity index (χ1v) is 11.5. The summed E-state index contributed by atoms with van der Waals surface area (Å²) in [6.07, 6.45) is 12.5. The van der Waals surface area contributed by atoms with Crippen molar-refractivity contribution in [1.82, 2.24) is 0 Å². The second kappa shape index (κ2) is 12.3. The molecule has 4 atom stereocenters. The molecular formula is C19H27O8PS. The first kappa shape index (κ1) is 25.6. The average Bonchev–Trinajstić information content (AvgIpc) is 2.61. The van der Waals surface area contributed by atoms with Gasteiger partial charge in [-0.25, -0.2) is 4.79 Å². The Labute approximate surface area is 175 Å². The fourth-order valence-corrected chi connectivity index (χ4v) is 3.32. The van der Waals surface area contributed by atoms with E-state index in [2.05, 4.69) is 11.8 Å². The van der Waals surface area contributed by atoms with Crippen LogP contribution in [0.15, 0.2) is 60.8 Å². The molecule has 8 nitrogen and oxygen atoms in total. The van der Waals surface area contributed by atoms with Gasteiger partial charge in [-0.15, -0.1) is 0 Å². The molecule has 1 unspecified atom stereocenters. The second-order valence-corrected chi connectivity index (χ2v) is 9.09. The number of esters is 1. The lowest BCUT2D eigenvalue weighted by Crippen LogP contribution is -2.41. The standard InChI is InChI=1S/C19H27O8PS/c1-19(23,12-11-16-9-7-10-18(22)26-16)17(27-28(24,25)29)14-15(21)8-5-3-2-4-6-13-20/h2-8,10-12,15-17,20-21,23H,9,13-14H2,1H3,(H2,24,25,29)/b3-2-,6-4+,8-5-,12-11+/t15-,16+,17?,19+/m0/s1. The maximum Gasteiger partial charge on any atom is 0.331 e. The number of rotatable bonds is 11. The summed E-state index contributed by atoms with van der Waals surface area (Å²) in [4.78, 5) is 30.3. The fraction of sp³-hybridized carbons (Fsp3) is 0.421. The predicted molar refractivity (Wildman–Crippen MR) is 112 cm³/mol. The summed E-state index contributed by atoms with van der Waals surface area (Å²) < 4.78 is 10.1. The summed E-state index contributed by atoms with van der Waals surface area (Å²) in [6, 6.07) is 0. The molecule has 0 amide bonds. The van der Waals surface area contributed by atoms with Crippen molar-refractivity contribution in [3.63, 3.8) is 0 Å². The lowest BCUT2D eigenvalue weighted by Gasteiger charge is -2.32. The molecular weight excluding hydrogens is 419 g/mol. The molecule has 5 N–H and O–H groups in total. The molecule has 10 heteroatoms. The molecule has 0 radical (unpaired) electrons. The Morgan fingerprint density at radius 2 is 2.07 bits per heavy atom. The Morgan fingerprint density at radius 3 is 2.69 bits per heavy atom. The molecule has 0 fully saturated rings. The van der Waals surface area contributed by atoms with Crippen LogP contribution in [0.2, 0.25) is 0 Å². The van der Waals surface area contributed by atoms with Crippen molar-refractivity contribution in [3.05, 3.63) is 60.8 Å². The summed E-state index contributed by atoms with van der Waals surface area (Å²) >= 11 is 4.50. The molecule has 29 heavy (non-hydrogen) atoms. The van der Waals surface area contributed by atoms with Gasteiger partial charge in [0.05, 0.1) is 12.7 Å².